The topological polar surface area (TPSA) is 164 Å². The second kappa shape index (κ2) is 20.6. The van der Waals surface area contributed by atoms with E-state index in [1.165, 1.54) is 0 Å². The summed E-state index contributed by atoms with van der Waals surface area (Å²) in [4.78, 5) is 29.8. The Morgan fingerprint density at radius 1 is 0.350 bits per heavy atom. The average Bonchev–Trinajstić information content (AvgIpc) is 3.31. The quantitative estimate of drug-likeness (QED) is 0.0522. The third-order valence-corrected chi connectivity index (χ3v) is 13.9. The van der Waals surface area contributed by atoms with Gasteiger partial charge in [-0.1, -0.05) is 182 Å². The molecule has 0 saturated carbocycles. The molecule has 0 aromatic heterocycles. The van der Waals surface area contributed by atoms with Crippen molar-refractivity contribution in [3.8, 4) is 0 Å². The Balaban J connectivity index is 1.56. The summed E-state index contributed by atoms with van der Waals surface area (Å²) in [6.07, 6.45) is 0. The summed E-state index contributed by atoms with van der Waals surface area (Å²) in [6, 6.07) is 49.5. The third kappa shape index (κ3) is 10.4. The minimum absolute atomic E-state index is 0.389. The van der Waals surface area contributed by atoms with Crippen molar-refractivity contribution in [2.45, 2.75) is 50.3 Å². The van der Waals surface area contributed by atoms with Gasteiger partial charge in [-0.2, -0.15) is 0 Å². The van der Waals surface area contributed by atoms with E-state index in [1.54, 1.807) is 182 Å². The van der Waals surface area contributed by atoms with Crippen LogP contribution in [0.15, 0.2) is 182 Å². The molecule has 0 aliphatic carbocycles. The first-order valence-electron chi connectivity index (χ1n) is 18.9. The molecule has 0 radical (unpaired) electrons. The van der Waals surface area contributed by atoms with Crippen LogP contribution >= 0.6 is 15.2 Å². The molecule has 0 bridgehead atoms. The fourth-order valence-electron chi connectivity index (χ4n) is 5.92. The van der Waals surface area contributed by atoms with Crippen LogP contribution in [0.2, 0.25) is 0 Å². The van der Waals surface area contributed by atoms with Gasteiger partial charge in [0.15, 0.2) is 0 Å². The summed E-state index contributed by atoms with van der Waals surface area (Å²) in [5.74, 6) is -3.83. The first kappa shape index (κ1) is 44.0. The number of carbonyl (C=O) groups excluding carboxylic acids is 2. The van der Waals surface area contributed by atoms with Crippen LogP contribution in [0.25, 0.3) is 0 Å². The van der Waals surface area contributed by atoms with E-state index in [-0.39, 0.29) is 0 Å². The number of rotatable bonds is 21. The van der Waals surface area contributed by atoms with Crippen molar-refractivity contribution in [1.29, 1.82) is 0 Å². The number of hydrogen-bond donors (Lipinski definition) is 2. The van der Waals surface area contributed by atoms with Crippen molar-refractivity contribution >= 4 is 27.1 Å². The van der Waals surface area contributed by atoms with Gasteiger partial charge >= 0.3 is 37.8 Å². The van der Waals surface area contributed by atoms with E-state index in [1.807, 2.05) is 0 Å². The average molecular weight is 851 g/mol. The molecule has 6 rings (SSSR count). The Labute approximate surface area is 348 Å². The minimum atomic E-state index is -5.81. The van der Waals surface area contributed by atoms with Crippen LogP contribution in [-0.4, -0.2) is 32.8 Å². The molecule has 2 N–H and O–H groups in total. The maximum Gasteiger partial charge on any atom is 0.378 e. The van der Waals surface area contributed by atoms with Crippen molar-refractivity contribution in [2.75, 3.05) is 0 Å². The van der Waals surface area contributed by atoms with Crippen molar-refractivity contribution < 1.29 is 56.5 Å². The number of benzene rings is 6. The predicted octanol–water partition coefficient (Wildman–Crippen LogP) is 9.10. The van der Waals surface area contributed by atoms with Crippen LogP contribution in [0.4, 0.5) is 0 Å². The molecule has 0 unspecified atom stereocenters. The lowest BCUT2D eigenvalue weighted by molar-refractivity contribution is -0.192. The molecule has 6 aromatic carbocycles. The van der Waals surface area contributed by atoms with Gasteiger partial charge in [-0.3, -0.25) is 9.13 Å². The third-order valence-electron chi connectivity index (χ3n) is 9.25. The van der Waals surface area contributed by atoms with Gasteiger partial charge in [0.2, 0.25) is 0 Å². The largest absolute Gasteiger partial charge is 0.458 e. The van der Waals surface area contributed by atoms with Gasteiger partial charge in [0.1, 0.15) is 13.2 Å². The molecule has 0 fully saturated rings. The second-order valence-electron chi connectivity index (χ2n) is 13.5. The normalized spacial score (nSPS) is 13.7. The van der Waals surface area contributed by atoms with Crippen molar-refractivity contribution in [3.05, 3.63) is 215 Å². The van der Waals surface area contributed by atoms with E-state index >= 15 is 9.13 Å². The fourth-order valence-corrected chi connectivity index (χ4v) is 10.4. The second-order valence-corrected chi connectivity index (χ2v) is 17.8. The summed E-state index contributed by atoms with van der Waals surface area (Å²) in [6.45, 7) is -3.55. The molecule has 60 heavy (non-hydrogen) atoms. The number of aliphatic hydroxyl groups is 2. The van der Waals surface area contributed by atoms with Gasteiger partial charge in [0, 0.05) is 0 Å². The molecule has 0 aliphatic rings. The van der Waals surface area contributed by atoms with Crippen LogP contribution in [-0.2, 0) is 85.9 Å². The zero-order chi connectivity index (χ0) is 42.3. The molecule has 2 atom stereocenters. The SMILES string of the molecule is O=C(OCc1ccccc1)[C@](O)([C@@](O)(C(=O)OCc1ccccc1)P(=O)(OCc1ccccc1)OCc1ccccc1)P(=O)(OCc1ccccc1)OCc1ccccc1. The predicted molar refractivity (Wildman–Crippen MR) is 223 cm³/mol. The monoisotopic (exact) mass is 850 g/mol. The van der Waals surface area contributed by atoms with E-state index in [4.69, 9.17) is 27.6 Å². The van der Waals surface area contributed by atoms with Crippen LogP contribution in [0.1, 0.15) is 33.4 Å². The fraction of sp³-hybridized carbons (Fsp3) is 0.174. The maximum atomic E-state index is 15.9. The van der Waals surface area contributed by atoms with Crippen molar-refractivity contribution in [2.24, 2.45) is 0 Å². The van der Waals surface area contributed by atoms with Gasteiger partial charge in [-0.05, 0) is 33.4 Å². The summed E-state index contributed by atoms with van der Waals surface area (Å²) in [5, 5.41) is 18.1. The molecule has 0 amide bonds. The van der Waals surface area contributed by atoms with Crippen LogP contribution in [0, 0.1) is 0 Å². The minimum Gasteiger partial charge on any atom is -0.458 e. The molecule has 6 aromatic rings. The molecule has 12 nitrogen and oxygen atoms in total. The molecule has 0 saturated heterocycles. The first-order valence-corrected chi connectivity index (χ1v) is 22.0. The molecule has 0 aliphatic heterocycles. The van der Waals surface area contributed by atoms with E-state index < -0.39 is 77.5 Å². The molecular weight excluding hydrogens is 806 g/mol. The summed E-state index contributed by atoms with van der Waals surface area (Å²) in [5.41, 5.74) is 2.36. The van der Waals surface area contributed by atoms with Gasteiger partial charge < -0.3 is 37.8 Å². The zero-order valence-electron chi connectivity index (χ0n) is 32.4. The highest BCUT2D eigenvalue weighted by molar-refractivity contribution is 7.62. The van der Waals surface area contributed by atoms with E-state index in [0.29, 0.717) is 33.4 Å². The molecule has 0 spiro atoms. The van der Waals surface area contributed by atoms with Crippen LogP contribution < -0.4 is 0 Å². The molecule has 14 heteroatoms. The van der Waals surface area contributed by atoms with Crippen molar-refractivity contribution in [3.63, 3.8) is 0 Å². The van der Waals surface area contributed by atoms with Gasteiger partial charge in [0.05, 0.1) is 26.4 Å². The standard InChI is InChI=1S/C46H44O12P2/c47-43(53-31-37-19-7-1-8-20-37)45(49,59(51,55-33-39-23-11-3-12-24-39)56-34-40-25-13-4-14-26-40)46(50,44(48)54-32-38-21-9-2-10-22-38)60(52,57-35-41-27-15-5-16-28-41)58-36-42-29-17-6-18-30-42/h1-30,49-50H,31-36H2/t45-,46-/m1/s1. The smallest absolute Gasteiger partial charge is 0.378 e. The van der Waals surface area contributed by atoms with Crippen LogP contribution in [0.5, 0.6) is 0 Å². The highest BCUT2D eigenvalue weighted by atomic mass is 31.2. The van der Waals surface area contributed by atoms with Crippen molar-refractivity contribution in [1.82, 2.24) is 0 Å². The Morgan fingerprint density at radius 2 is 0.533 bits per heavy atom. The lowest BCUT2D eigenvalue weighted by Gasteiger charge is -2.44. The molecule has 310 valence electrons. The first-order chi connectivity index (χ1) is 29.1. The van der Waals surface area contributed by atoms with Gasteiger partial charge in [0.25, 0.3) is 0 Å². The Morgan fingerprint density at radius 3 is 0.733 bits per heavy atom. The lowest BCUT2D eigenvalue weighted by Crippen LogP contribution is -2.64. The van der Waals surface area contributed by atoms with Crippen LogP contribution in [0.3, 0.4) is 0 Å². The summed E-state index contributed by atoms with van der Waals surface area (Å²) < 4.78 is 66.7. The van der Waals surface area contributed by atoms with E-state index in [9.17, 15) is 19.8 Å². The zero-order valence-corrected chi connectivity index (χ0v) is 34.2. The maximum absolute atomic E-state index is 15.9. The highest BCUT2D eigenvalue weighted by Crippen LogP contribution is 2.74. The molecule has 0 heterocycles. The number of ether oxygens (including phenoxy) is 2. The van der Waals surface area contributed by atoms with E-state index in [0.717, 1.165) is 0 Å². The lowest BCUT2D eigenvalue weighted by atomic mass is 10.1. The summed E-state index contributed by atoms with van der Waals surface area (Å²) in [7, 11) is -11.6. The highest BCUT2D eigenvalue weighted by Gasteiger charge is 2.82. The molecular formula is C46H44O12P2. The van der Waals surface area contributed by atoms with Gasteiger partial charge in [-0.15, -0.1) is 0 Å². The van der Waals surface area contributed by atoms with Gasteiger partial charge in [-0.25, -0.2) is 9.59 Å². The number of esters is 2. The summed E-state index contributed by atoms with van der Waals surface area (Å²) >= 11 is 0. The Bertz CT molecular complexity index is 2090. The number of carbonyl (C=O) groups is 2. The van der Waals surface area contributed by atoms with E-state index in [2.05, 4.69) is 0 Å². The Kier molecular flexibility index (Phi) is 15.1. The Hall–Kier alpha value is -5.52. The number of hydrogen-bond acceptors (Lipinski definition) is 12.